The molecule has 100 valence electrons. The molecule has 0 aliphatic heterocycles. The molecule has 1 aromatic heterocycles. The fourth-order valence-corrected chi connectivity index (χ4v) is 1.56. The highest BCUT2D eigenvalue weighted by atomic mass is 16.4. The molecule has 0 saturated heterocycles. The fraction of sp³-hybridized carbons (Fsp3) is 0.231. The summed E-state index contributed by atoms with van der Waals surface area (Å²) in [5, 5.41) is 5.44. The van der Waals surface area contributed by atoms with Crippen LogP contribution in [-0.2, 0) is 0 Å². The highest BCUT2D eigenvalue weighted by Crippen LogP contribution is 2.13. The van der Waals surface area contributed by atoms with Crippen molar-refractivity contribution >= 4 is 17.4 Å². The first-order valence-electron chi connectivity index (χ1n) is 5.90. The molecule has 1 unspecified atom stereocenters. The zero-order chi connectivity index (χ0) is 13.8. The molecule has 0 aliphatic carbocycles. The summed E-state index contributed by atoms with van der Waals surface area (Å²) in [6.45, 7) is 3.60. The quantitative estimate of drug-likeness (QED) is 0.739. The van der Waals surface area contributed by atoms with Crippen molar-refractivity contribution in [2.24, 2.45) is 0 Å². The minimum Gasteiger partial charge on any atom is -0.444 e. The van der Waals surface area contributed by atoms with E-state index in [-0.39, 0.29) is 12.1 Å². The largest absolute Gasteiger partial charge is 0.444 e. The number of hydrogen-bond acceptors (Lipinski definition) is 4. The van der Waals surface area contributed by atoms with Crippen LogP contribution >= 0.6 is 0 Å². The van der Waals surface area contributed by atoms with Gasteiger partial charge < -0.3 is 20.8 Å². The molecular formula is C13H16N4O2. The number of anilines is 2. The lowest BCUT2D eigenvalue weighted by molar-refractivity contribution is 0.247. The monoisotopic (exact) mass is 260 g/mol. The summed E-state index contributed by atoms with van der Waals surface area (Å²) in [7, 11) is 0. The van der Waals surface area contributed by atoms with Crippen molar-refractivity contribution in [1.82, 2.24) is 10.3 Å². The summed E-state index contributed by atoms with van der Waals surface area (Å²) < 4.78 is 5.34. The van der Waals surface area contributed by atoms with Crippen molar-refractivity contribution in [3.63, 3.8) is 0 Å². The number of benzene rings is 1. The van der Waals surface area contributed by atoms with Gasteiger partial charge in [-0.2, -0.15) is 0 Å². The number of rotatable bonds is 3. The van der Waals surface area contributed by atoms with Gasteiger partial charge in [-0.3, -0.25) is 0 Å². The Morgan fingerprint density at radius 3 is 2.63 bits per heavy atom. The van der Waals surface area contributed by atoms with Gasteiger partial charge in [0.05, 0.1) is 6.20 Å². The first-order valence-corrected chi connectivity index (χ1v) is 5.90. The van der Waals surface area contributed by atoms with Crippen molar-refractivity contribution in [2.45, 2.75) is 19.9 Å². The van der Waals surface area contributed by atoms with Gasteiger partial charge in [0.2, 0.25) is 5.89 Å². The first-order chi connectivity index (χ1) is 9.04. The van der Waals surface area contributed by atoms with Gasteiger partial charge >= 0.3 is 6.03 Å². The summed E-state index contributed by atoms with van der Waals surface area (Å²) in [6, 6.07) is 6.27. The molecule has 1 heterocycles. The second kappa shape index (κ2) is 5.43. The predicted octanol–water partition coefficient (Wildman–Crippen LogP) is 2.45. The number of nitrogens with one attached hydrogen (secondary N) is 2. The van der Waals surface area contributed by atoms with E-state index in [1.165, 1.54) is 0 Å². The van der Waals surface area contributed by atoms with Crippen LogP contribution in [0, 0.1) is 6.92 Å². The summed E-state index contributed by atoms with van der Waals surface area (Å²) in [4.78, 5) is 15.8. The van der Waals surface area contributed by atoms with Gasteiger partial charge in [-0.25, -0.2) is 9.78 Å². The van der Waals surface area contributed by atoms with Crippen LogP contribution in [0.5, 0.6) is 0 Å². The second-order valence-electron chi connectivity index (χ2n) is 4.25. The molecule has 0 spiro atoms. The van der Waals surface area contributed by atoms with Gasteiger partial charge in [0.25, 0.3) is 0 Å². The molecule has 6 heteroatoms. The predicted molar refractivity (Wildman–Crippen MR) is 72.7 cm³/mol. The Morgan fingerprint density at radius 1 is 1.37 bits per heavy atom. The normalized spacial score (nSPS) is 11.9. The fourth-order valence-electron chi connectivity index (χ4n) is 1.56. The minimum atomic E-state index is -0.326. The van der Waals surface area contributed by atoms with Crippen LogP contribution in [0.1, 0.15) is 24.6 Å². The number of hydrogen-bond donors (Lipinski definition) is 3. The Balaban J connectivity index is 1.92. The van der Waals surface area contributed by atoms with Crippen molar-refractivity contribution in [2.75, 3.05) is 11.1 Å². The summed E-state index contributed by atoms with van der Waals surface area (Å²) in [5.41, 5.74) is 6.88. The number of amides is 2. The van der Waals surface area contributed by atoms with E-state index in [2.05, 4.69) is 15.6 Å². The maximum absolute atomic E-state index is 11.8. The average molecular weight is 260 g/mol. The number of nitrogens with zero attached hydrogens (tertiary/aromatic N) is 1. The van der Waals surface area contributed by atoms with Gasteiger partial charge in [-0.05, 0) is 38.1 Å². The van der Waals surface area contributed by atoms with Crippen molar-refractivity contribution in [1.29, 1.82) is 0 Å². The van der Waals surface area contributed by atoms with Crippen LogP contribution < -0.4 is 16.4 Å². The van der Waals surface area contributed by atoms with E-state index in [0.29, 0.717) is 23.0 Å². The van der Waals surface area contributed by atoms with Crippen LogP contribution in [0.4, 0.5) is 16.2 Å². The number of urea groups is 1. The zero-order valence-electron chi connectivity index (χ0n) is 10.8. The van der Waals surface area contributed by atoms with E-state index in [9.17, 15) is 4.79 Å². The average Bonchev–Trinajstić information content (AvgIpc) is 2.79. The number of nitrogens with two attached hydrogens (primary N) is 1. The Kier molecular flexibility index (Phi) is 3.70. The van der Waals surface area contributed by atoms with Gasteiger partial charge in [0.15, 0.2) is 0 Å². The Morgan fingerprint density at radius 2 is 2.05 bits per heavy atom. The molecule has 0 aliphatic rings. The molecule has 0 bridgehead atoms. The Labute approximate surface area is 111 Å². The van der Waals surface area contributed by atoms with Gasteiger partial charge in [-0.15, -0.1) is 0 Å². The highest BCUT2D eigenvalue weighted by Gasteiger charge is 2.14. The molecule has 2 amide bonds. The van der Waals surface area contributed by atoms with Crippen molar-refractivity contribution < 1.29 is 9.21 Å². The number of oxazole rings is 1. The molecule has 1 atom stereocenters. The summed E-state index contributed by atoms with van der Waals surface area (Å²) in [6.07, 6.45) is 1.62. The number of carbonyl (C=O) groups excluding carboxylic acids is 1. The number of carbonyl (C=O) groups is 1. The summed E-state index contributed by atoms with van der Waals surface area (Å²) >= 11 is 0. The van der Waals surface area contributed by atoms with E-state index in [4.69, 9.17) is 10.2 Å². The number of nitrogen functional groups attached to an aromatic ring is 1. The third-order valence-corrected chi connectivity index (χ3v) is 2.53. The van der Waals surface area contributed by atoms with Crippen LogP contribution in [0.2, 0.25) is 0 Å². The van der Waals surface area contributed by atoms with Gasteiger partial charge in [0, 0.05) is 11.4 Å². The lowest BCUT2D eigenvalue weighted by atomic mass is 10.3. The molecular weight excluding hydrogens is 244 g/mol. The maximum atomic E-state index is 11.8. The topological polar surface area (TPSA) is 93.2 Å². The van der Waals surface area contributed by atoms with Crippen LogP contribution in [-0.4, -0.2) is 11.0 Å². The maximum Gasteiger partial charge on any atom is 0.319 e. The van der Waals surface area contributed by atoms with Crippen LogP contribution in [0.15, 0.2) is 34.9 Å². The van der Waals surface area contributed by atoms with E-state index in [1.54, 1.807) is 44.3 Å². The Hall–Kier alpha value is -2.50. The molecule has 6 nitrogen and oxygen atoms in total. The molecule has 4 N–H and O–H groups in total. The highest BCUT2D eigenvalue weighted by molar-refractivity contribution is 5.89. The number of aryl methyl sites for hydroxylation is 1. The van der Waals surface area contributed by atoms with E-state index in [1.807, 2.05) is 0 Å². The molecule has 1 aromatic carbocycles. The van der Waals surface area contributed by atoms with E-state index < -0.39 is 0 Å². The smallest absolute Gasteiger partial charge is 0.319 e. The van der Waals surface area contributed by atoms with Gasteiger partial charge in [-0.1, -0.05) is 0 Å². The third kappa shape index (κ3) is 3.48. The van der Waals surface area contributed by atoms with Crippen molar-refractivity contribution in [3.05, 3.63) is 42.1 Å². The van der Waals surface area contributed by atoms with E-state index >= 15 is 0 Å². The van der Waals surface area contributed by atoms with Crippen LogP contribution in [0.3, 0.4) is 0 Å². The van der Waals surface area contributed by atoms with Crippen LogP contribution in [0.25, 0.3) is 0 Å². The molecule has 2 rings (SSSR count). The lowest BCUT2D eigenvalue weighted by Gasteiger charge is -2.11. The van der Waals surface area contributed by atoms with E-state index in [0.717, 1.165) is 0 Å². The lowest BCUT2D eigenvalue weighted by Crippen LogP contribution is -2.31. The SMILES string of the molecule is Cc1cnc(C(C)NC(=O)Nc2ccc(N)cc2)o1. The van der Waals surface area contributed by atoms with Crippen molar-refractivity contribution in [3.8, 4) is 0 Å². The minimum absolute atomic E-state index is 0.303. The second-order valence-corrected chi connectivity index (χ2v) is 4.25. The first kappa shape index (κ1) is 12.9. The molecule has 0 saturated carbocycles. The number of aromatic nitrogens is 1. The summed E-state index contributed by atoms with van der Waals surface area (Å²) in [5.74, 6) is 1.19. The molecule has 19 heavy (non-hydrogen) atoms. The Bertz CT molecular complexity index is 562. The molecule has 0 radical (unpaired) electrons. The third-order valence-electron chi connectivity index (χ3n) is 2.53. The molecule has 0 fully saturated rings. The van der Waals surface area contributed by atoms with Gasteiger partial charge in [0.1, 0.15) is 11.8 Å². The molecule has 2 aromatic rings. The zero-order valence-corrected chi connectivity index (χ0v) is 10.8. The standard InChI is InChI=1S/C13H16N4O2/c1-8-7-15-12(19-8)9(2)16-13(18)17-11-5-3-10(14)4-6-11/h3-7,9H,14H2,1-2H3,(H2,16,17,18).